The summed E-state index contributed by atoms with van der Waals surface area (Å²) in [6, 6.07) is 0. The van der Waals surface area contributed by atoms with E-state index in [1.165, 1.54) is 154 Å². The Kier molecular flexibility index (Phi) is 54.3. The molecule has 0 aliphatic heterocycles. The van der Waals surface area contributed by atoms with Gasteiger partial charge < -0.3 is 14.2 Å². The molecule has 6 nitrogen and oxygen atoms in total. The second-order valence-corrected chi connectivity index (χ2v) is 19.2. The van der Waals surface area contributed by atoms with Gasteiger partial charge in [0.15, 0.2) is 6.10 Å². The highest BCUT2D eigenvalue weighted by molar-refractivity contribution is 5.71. The van der Waals surface area contributed by atoms with Crippen LogP contribution in [0.1, 0.15) is 278 Å². The average molecular weight is 962 g/mol. The Labute approximate surface area is 426 Å². The molecule has 0 radical (unpaired) electrons. The first-order valence-electron chi connectivity index (χ1n) is 29.1. The van der Waals surface area contributed by atoms with Crippen molar-refractivity contribution in [1.82, 2.24) is 0 Å². The molecule has 0 bridgehead atoms. The van der Waals surface area contributed by atoms with Gasteiger partial charge in [0.25, 0.3) is 0 Å². The van der Waals surface area contributed by atoms with Crippen LogP contribution in [0.4, 0.5) is 0 Å². The molecule has 0 aliphatic carbocycles. The molecular weight excluding hydrogens is 853 g/mol. The van der Waals surface area contributed by atoms with Crippen LogP contribution < -0.4 is 0 Å². The van der Waals surface area contributed by atoms with Crippen LogP contribution in [0.3, 0.4) is 0 Å². The van der Waals surface area contributed by atoms with Gasteiger partial charge in [-0.3, -0.25) is 14.4 Å². The van der Waals surface area contributed by atoms with Crippen LogP contribution in [0.5, 0.6) is 0 Å². The predicted molar refractivity (Wildman–Crippen MR) is 297 cm³/mol. The van der Waals surface area contributed by atoms with Crippen LogP contribution >= 0.6 is 0 Å². The van der Waals surface area contributed by atoms with Gasteiger partial charge in [0, 0.05) is 19.3 Å². The predicted octanol–water partition coefficient (Wildman–Crippen LogP) is 19.5. The summed E-state index contributed by atoms with van der Waals surface area (Å²) >= 11 is 0. The first-order valence-corrected chi connectivity index (χ1v) is 29.1. The lowest BCUT2D eigenvalue weighted by molar-refractivity contribution is -0.166. The molecule has 0 saturated heterocycles. The lowest BCUT2D eigenvalue weighted by Gasteiger charge is -2.18. The molecular formula is C63H108O6. The maximum Gasteiger partial charge on any atom is 0.306 e. The standard InChI is InChI=1S/C63H108O6/c1-4-7-10-13-16-19-22-25-28-30-31-33-36-39-42-45-48-51-54-57-63(66)69-60(58-67-61(64)55-52-49-46-43-40-37-34-27-24-21-18-15-12-9-6-3)59-68-62(65)56-53-50-47-44-41-38-35-32-29-26-23-20-17-14-11-8-5-2/h7,10,16,19,25-26,28-29,31,33,39,42,48,51,60H,4-6,8-9,11-15,17-18,20-24,27,30,32,34-38,40-41,43-47,49-50,52-59H2,1-3H3/b10-7-,19-16-,28-25-,29-26-,33-31-,42-39-,51-48-/t60-/m0/s1. The third-order valence-electron chi connectivity index (χ3n) is 12.4. The quantitative estimate of drug-likeness (QED) is 0.0262. The van der Waals surface area contributed by atoms with E-state index in [0.717, 1.165) is 77.0 Å². The highest BCUT2D eigenvalue weighted by atomic mass is 16.6. The summed E-state index contributed by atoms with van der Waals surface area (Å²) in [5.74, 6) is -0.987. The van der Waals surface area contributed by atoms with Crippen molar-refractivity contribution in [2.45, 2.75) is 284 Å². The number of hydrogen-bond acceptors (Lipinski definition) is 6. The van der Waals surface area contributed by atoms with Crippen LogP contribution in [-0.4, -0.2) is 37.2 Å². The van der Waals surface area contributed by atoms with Crippen molar-refractivity contribution in [1.29, 1.82) is 0 Å². The Bertz CT molecular complexity index is 1330. The van der Waals surface area contributed by atoms with E-state index in [1.807, 2.05) is 6.08 Å². The molecule has 69 heavy (non-hydrogen) atoms. The largest absolute Gasteiger partial charge is 0.462 e. The lowest BCUT2D eigenvalue weighted by Crippen LogP contribution is -2.30. The van der Waals surface area contributed by atoms with E-state index >= 15 is 0 Å². The SMILES string of the molecule is CC/C=C\C/C=C\C/C=C\C/C=C\C/C=C\C/C=C\CCC(=O)O[C@H](COC(=O)CCCCCCCCC/C=C\CCCCCCCC)COC(=O)CCCCCCCCCCCCCCCCC. The Hall–Kier alpha value is -3.41. The van der Waals surface area contributed by atoms with Crippen molar-refractivity contribution in [3.63, 3.8) is 0 Å². The highest BCUT2D eigenvalue weighted by Crippen LogP contribution is 2.15. The first-order chi connectivity index (χ1) is 34.0. The second-order valence-electron chi connectivity index (χ2n) is 19.2. The van der Waals surface area contributed by atoms with Gasteiger partial charge in [-0.25, -0.2) is 0 Å². The zero-order valence-corrected chi connectivity index (χ0v) is 45.3. The molecule has 0 rings (SSSR count). The fraction of sp³-hybridized carbons (Fsp3) is 0.730. The fourth-order valence-corrected chi connectivity index (χ4v) is 8.05. The van der Waals surface area contributed by atoms with Gasteiger partial charge >= 0.3 is 17.9 Å². The normalized spacial score (nSPS) is 12.7. The van der Waals surface area contributed by atoms with Crippen LogP contribution in [-0.2, 0) is 28.6 Å². The third-order valence-corrected chi connectivity index (χ3v) is 12.4. The molecule has 6 heteroatoms. The average Bonchev–Trinajstić information content (AvgIpc) is 3.35. The van der Waals surface area contributed by atoms with E-state index in [4.69, 9.17) is 14.2 Å². The molecule has 0 N–H and O–H groups in total. The monoisotopic (exact) mass is 961 g/mol. The van der Waals surface area contributed by atoms with Gasteiger partial charge in [0.1, 0.15) is 13.2 Å². The molecule has 396 valence electrons. The number of rotatable bonds is 52. The van der Waals surface area contributed by atoms with E-state index in [1.54, 1.807) is 0 Å². The number of allylic oxidation sites excluding steroid dienone is 14. The Morgan fingerprint density at radius 3 is 0.942 bits per heavy atom. The summed E-state index contributed by atoms with van der Waals surface area (Å²) in [4.78, 5) is 38.1. The summed E-state index contributed by atoms with van der Waals surface area (Å²) in [5.41, 5.74) is 0. The molecule has 0 aliphatic rings. The van der Waals surface area contributed by atoms with E-state index in [2.05, 4.69) is 99.8 Å². The molecule has 0 heterocycles. The highest BCUT2D eigenvalue weighted by Gasteiger charge is 2.19. The molecule has 1 atom stereocenters. The number of esters is 3. The second kappa shape index (κ2) is 57.2. The van der Waals surface area contributed by atoms with Crippen molar-refractivity contribution in [3.05, 3.63) is 85.1 Å². The Morgan fingerprint density at radius 2 is 0.594 bits per heavy atom. The minimum atomic E-state index is -0.817. The van der Waals surface area contributed by atoms with Gasteiger partial charge in [0.2, 0.25) is 0 Å². The third kappa shape index (κ3) is 55.4. The fourth-order valence-electron chi connectivity index (χ4n) is 8.05. The summed E-state index contributed by atoms with van der Waals surface area (Å²) in [7, 11) is 0. The van der Waals surface area contributed by atoms with E-state index in [-0.39, 0.29) is 31.6 Å². The van der Waals surface area contributed by atoms with Crippen LogP contribution in [0.2, 0.25) is 0 Å². The number of carbonyl (C=O) groups excluding carboxylic acids is 3. The van der Waals surface area contributed by atoms with Crippen molar-refractivity contribution < 1.29 is 28.6 Å². The zero-order chi connectivity index (χ0) is 50.0. The van der Waals surface area contributed by atoms with Gasteiger partial charge in [-0.2, -0.15) is 0 Å². The maximum atomic E-state index is 12.8. The summed E-state index contributed by atoms with van der Waals surface area (Å²) in [5, 5.41) is 0. The lowest BCUT2D eigenvalue weighted by atomic mass is 10.0. The summed E-state index contributed by atoms with van der Waals surface area (Å²) in [6.07, 6.45) is 74.4. The van der Waals surface area contributed by atoms with Crippen molar-refractivity contribution in [3.8, 4) is 0 Å². The molecule has 0 aromatic heterocycles. The molecule has 0 aromatic rings. The summed E-state index contributed by atoms with van der Waals surface area (Å²) < 4.78 is 16.8. The topological polar surface area (TPSA) is 78.9 Å². The minimum absolute atomic E-state index is 0.106. The Morgan fingerprint density at radius 1 is 0.304 bits per heavy atom. The van der Waals surface area contributed by atoms with Gasteiger partial charge in [-0.15, -0.1) is 0 Å². The van der Waals surface area contributed by atoms with Gasteiger partial charge in [-0.1, -0.05) is 260 Å². The first kappa shape index (κ1) is 65.6. The van der Waals surface area contributed by atoms with Crippen LogP contribution in [0.15, 0.2) is 85.1 Å². The molecule has 0 fully saturated rings. The van der Waals surface area contributed by atoms with Crippen molar-refractivity contribution in [2.75, 3.05) is 13.2 Å². The molecule has 0 spiro atoms. The number of hydrogen-bond donors (Lipinski definition) is 0. The number of ether oxygens (including phenoxy) is 3. The molecule has 0 aromatic carbocycles. The van der Waals surface area contributed by atoms with Crippen LogP contribution in [0.25, 0.3) is 0 Å². The van der Waals surface area contributed by atoms with Crippen molar-refractivity contribution >= 4 is 17.9 Å². The molecule has 0 unspecified atom stereocenters. The number of carbonyl (C=O) groups is 3. The summed E-state index contributed by atoms with van der Waals surface area (Å²) in [6.45, 7) is 6.48. The maximum absolute atomic E-state index is 12.8. The Balaban J connectivity index is 4.49. The number of unbranched alkanes of at least 4 members (excludes halogenated alkanes) is 27. The van der Waals surface area contributed by atoms with Crippen molar-refractivity contribution in [2.24, 2.45) is 0 Å². The molecule has 0 saturated carbocycles. The van der Waals surface area contributed by atoms with E-state index in [9.17, 15) is 14.4 Å². The smallest absolute Gasteiger partial charge is 0.306 e. The molecule has 0 amide bonds. The zero-order valence-electron chi connectivity index (χ0n) is 45.3. The van der Waals surface area contributed by atoms with Gasteiger partial charge in [-0.05, 0) is 83.5 Å². The minimum Gasteiger partial charge on any atom is -0.462 e. The van der Waals surface area contributed by atoms with E-state index < -0.39 is 12.1 Å². The van der Waals surface area contributed by atoms with Crippen LogP contribution in [0, 0.1) is 0 Å². The van der Waals surface area contributed by atoms with E-state index in [0.29, 0.717) is 19.3 Å². The van der Waals surface area contributed by atoms with Gasteiger partial charge in [0.05, 0.1) is 0 Å².